The number of carbonyl (C=O) groups excluding carboxylic acids is 8. The average molecular weight is 1920 g/mol. The largest absolute Gasteiger partial charge is 0.489 e. The van der Waals surface area contributed by atoms with E-state index in [1.54, 1.807) is 231 Å². The van der Waals surface area contributed by atoms with E-state index in [-0.39, 0.29) is 79.3 Å². The van der Waals surface area contributed by atoms with Gasteiger partial charge in [-0.05, 0) is 248 Å². The van der Waals surface area contributed by atoms with Gasteiger partial charge in [0.1, 0.15) is 148 Å². The molecule has 28 nitrogen and oxygen atoms in total. The van der Waals surface area contributed by atoms with Gasteiger partial charge in [-0.15, -0.1) is 0 Å². The number of carbonyl (C=O) groups is 8. The van der Waals surface area contributed by atoms with Gasteiger partial charge in [0.2, 0.25) is 0 Å². The van der Waals surface area contributed by atoms with Crippen LogP contribution in [0, 0.1) is 0 Å². The lowest BCUT2D eigenvalue weighted by Crippen LogP contribution is -2.04. The quantitative estimate of drug-likeness (QED) is 0.0194. The van der Waals surface area contributed by atoms with Crippen molar-refractivity contribution in [1.29, 1.82) is 0 Å². The Labute approximate surface area is 819 Å². The first-order valence-electron chi connectivity index (χ1n) is 44.6. The molecule has 0 saturated heterocycles. The summed E-state index contributed by atoms with van der Waals surface area (Å²) < 4.78 is 119. The number of benzene rings is 14. The Kier molecular flexibility index (Phi) is 35.1. The number of hydrogen-bond donors (Lipinski definition) is 0. The van der Waals surface area contributed by atoms with E-state index >= 15 is 0 Å². The van der Waals surface area contributed by atoms with Gasteiger partial charge < -0.3 is 94.7 Å². The Balaban J connectivity index is 0.823. The molecule has 0 saturated carbocycles. The predicted octanol–water partition coefficient (Wildman–Crippen LogP) is 21.1. The number of rotatable bonds is 46. The molecule has 0 bridgehead atoms. The van der Waals surface area contributed by atoms with Crippen LogP contribution in [-0.4, -0.2) is 105 Å². The first-order chi connectivity index (χ1) is 69.1. The van der Waals surface area contributed by atoms with Crippen molar-refractivity contribution in [3.8, 4) is 69.0 Å². The highest BCUT2D eigenvalue weighted by molar-refractivity contribution is 5.93. The third-order valence-corrected chi connectivity index (χ3v) is 21.9. The molecule has 142 heavy (non-hydrogen) atoms. The highest BCUT2D eigenvalue weighted by atomic mass is 16.6. The molecule has 0 aromatic heterocycles. The van der Waals surface area contributed by atoms with Crippen molar-refractivity contribution in [3.63, 3.8) is 0 Å². The van der Waals surface area contributed by atoms with Crippen molar-refractivity contribution in [1.82, 2.24) is 0 Å². The summed E-state index contributed by atoms with van der Waals surface area (Å²) >= 11 is 0. The summed E-state index contributed by atoms with van der Waals surface area (Å²) in [6.45, 7) is 0.700. The molecular formula is C114H100O28. The molecule has 0 unspecified atom stereocenters. The molecule has 0 aliphatic heterocycles. The van der Waals surface area contributed by atoms with Gasteiger partial charge in [0.15, 0.2) is 0 Å². The second kappa shape index (κ2) is 49.8. The van der Waals surface area contributed by atoms with Gasteiger partial charge >= 0.3 is 47.8 Å². The fourth-order valence-electron chi connectivity index (χ4n) is 14.3. The minimum atomic E-state index is -0.481. The van der Waals surface area contributed by atoms with E-state index in [2.05, 4.69) is 0 Å². The van der Waals surface area contributed by atoms with Crippen LogP contribution in [-0.2, 0) is 117 Å². The van der Waals surface area contributed by atoms with Crippen molar-refractivity contribution in [3.05, 3.63) is 426 Å². The molecule has 0 heterocycles. The first-order valence-corrected chi connectivity index (χ1v) is 44.6. The van der Waals surface area contributed by atoms with Gasteiger partial charge in [0, 0.05) is 36.4 Å². The summed E-state index contributed by atoms with van der Waals surface area (Å²) in [5.41, 5.74) is 12.8. The zero-order valence-electron chi connectivity index (χ0n) is 78.9. The van der Waals surface area contributed by atoms with Crippen LogP contribution in [0.5, 0.6) is 69.0 Å². The Bertz CT molecular complexity index is 5630. The molecule has 28 heteroatoms. The third kappa shape index (κ3) is 29.4. The van der Waals surface area contributed by atoms with E-state index in [4.69, 9.17) is 94.7 Å². The summed E-state index contributed by atoms with van der Waals surface area (Å²) in [4.78, 5) is 99.2. The molecule has 0 atom stereocenters. The SMILES string of the molecule is COC(=O)c1ccc(COc2cc(COc3cc(/C=C/c4cc(OCc5cc(OCc6ccc(C(=O)OC)cc6)cc(OCc6ccc(C(=O)OC)cc6)c5)cc(OCc5cc(OCc6ccc(C(=O)OC)cc6)cc(OCc6ccc(C(=O)OC)cc6)c5)c4)cc(OCc4cc(OCc5ccc(C(=O)OC)cc5)cc(OCc5ccc(C(=O)OC)cc5)c4)c3)cc(OCc3ccc(C(=O)OC)cc3)c2)cc1. The van der Waals surface area contributed by atoms with Crippen LogP contribution < -0.4 is 56.8 Å². The summed E-state index contributed by atoms with van der Waals surface area (Å²) in [5.74, 6) is 1.06. The maximum atomic E-state index is 12.4. The van der Waals surface area contributed by atoms with Crippen LogP contribution >= 0.6 is 0 Å². The second-order valence-electron chi connectivity index (χ2n) is 32.0. The molecule has 0 radical (unpaired) electrons. The van der Waals surface area contributed by atoms with E-state index in [1.165, 1.54) is 56.9 Å². The zero-order chi connectivity index (χ0) is 99.6. The van der Waals surface area contributed by atoms with Gasteiger partial charge in [0.25, 0.3) is 0 Å². The molecule has 724 valence electrons. The molecule has 0 spiro atoms. The molecule has 0 N–H and O–H groups in total. The Morgan fingerprint density at radius 1 is 0.148 bits per heavy atom. The maximum absolute atomic E-state index is 12.4. The fourth-order valence-corrected chi connectivity index (χ4v) is 14.3. The Hall–Kier alpha value is -17.8. The van der Waals surface area contributed by atoms with Crippen LogP contribution in [0.25, 0.3) is 12.2 Å². The number of ether oxygens (including phenoxy) is 20. The van der Waals surface area contributed by atoms with E-state index in [0.29, 0.717) is 147 Å². The van der Waals surface area contributed by atoms with Crippen molar-refractivity contribution >= 4 is 59.9 Å². The van der Waals surface area contributed by atoms with Gasteiger partial charge in [-0.1, -0.05) is 109 Å². The van der Waals surface area contributed by atoms with Gasteiger partial charge in [0.05, 0.1) is 101 Å². The minimum Gasteiger partial charge on any atom is -0.489 e. The van der Waals surface area contributed by atoms with Gasteiger partial charge in [-0.3, -0.25) is 0 Å². The monoisotopic (exact) mass is 1920 g/mol. The predicted molar refractivity (Wildman–Crippen MR) is 522 cm³/mol. The van der Waals surface area contributed by atoms with Crippen LogP contribution in [0.2, 0.25) is 0 Å². The molecule has 14 aromatic carbocycles. The minimum absolute atomic E-state index is 0.0405. The lowest BCUT2D eigenvalue weighted by Gasteiger charge is -2.16. The average Bonchev–Trinajstić information content (AvgIpc) is 0.837. The fraction of sp³-hybridized carbons (Fsp3) is 0.175. The highest BCUT2D eigenvalue weighted by Crippen LogP contribution is 2.36. The third-order valence-electron chi connectivity index (χ3n) is 21.9. The lowest BCUT2D eigenvalue weighted by atomic mass is 10.1. The maximum Gasteiger partial charge on any atom is 0.337 e. The number of esters is 8. The van der Waals surface area contributed by atoms with Crippen molar-refractivity contribution in [2.45, 2.75) is 79.3 Å². The molecule has 14 aromatic rings. The van der Waals surface area contributed by atoms with E-state index in [0.717, 1.165) is 44.5 Å². The second-order valence-corrected chi connectivity index (χ2v) is 32.0. The van der Waals surface area contributed by atoms with Crippen molar-refractivity contribution < 1.29 is 133 Å². The summed E-state index contributed by atoms with van der Waals surface area (Å²) in [5, 5.41) is 0. The van der Waals surface area contributed by atoms with Crippen molar-refractivity contribution in [2.24, 2.45) is 0 Å². The molecule has 14 rings (SSSR count). The van der Waals surface area contributed by atoms with E-state index in [9.17, 15) is 38.4 Å². The molecule has 0 aliphatic rings. The molecule has 0 amide bonds. The van der Waals surface area contributed by atoms with Crippen LogP contribution in [0.15, 0.2) is 303 Å². The van der Waals surface area contributed by atoms with Crippen LogP contribution in [0.3, 0.4) is 0 Å². The van der Waals surface area contributed by atoms with E-state index < -0.39 is 47.8 Å². The standard InChI is InChI=1S/C114H100O28/c1-123-107(115)87-27-11-73(12-28-87)61-131-99-47-83(48-100(57-99)132-62-74-13-29-88(30-14-74)108(116)124-2)69-139-95-43-81(44-96(55-95)140-70-84-49-101(133-63-75-15-31-89(32-16-75)109(117)125-3)58-102(50-84)134-64-76-17-33-90(34-18-76)110(118)126-4)9-10-82-45-97(141-71-85-51-103(135-65-77-19-35-91(36-20-77)111(119)127-5)59-104(52-85)136-66-78-21-37-92(38-22-78)112(120)128-6)56-98(46-82)142-72-86-53-105(137-67-79-23-39-93(40-24-79)113(121)129-7)60-106(54-86)138-68-80-25-41-94(42-26-80)114(122)130-8/h9-60H,61-72H2,1-8H3/b10-9+. The Morgan fingerprint density at radius 3 is 0.366 bits per heavy atom. The molecule has 0 aliphatic carbocycles. The van der Waals surface area contributed by atoms with Gasteiger partial charge in [-0.25, -0.2) is 38.4 Å². The molecule has 0 fully saturated rings. The normalized spacial score (nSPS) is 10.8. The lowest BCUT2D eigenvalue weighted by molar-refractivity contribution is 0.0592. The smallest absolute Gasteiger partial charge is 0.337 e. The van der Waals surface area contributed by atoms with Crippen LogP contribution in [0.1, 0.15) is 161 Å². The van der Waals surface area contributed by atoms with Crippen molar-refractivity contribution in [2.75, 3.05) is 56.9 Å². The zero-order valence-corrected chi connectivity index (χ0v) is 78.9. The first kappa shape index (κ1) is 100. The Morgan fingerprint density at radius 2 is 0.254 bits per heavy atom. The van der Waals surface area contributed by atoms with Crippen LogP contribution in [0.4, 0.5) is 0 Å². The number of methoxy groups -OCH3 is 8. The van der Waals surface area contributed by atoms with E-state index in [1.807, 2.05) is 84.9 Å². The summed E-state index contributed by atoms with van der Waals surface area (Å²) in [6.07, 6.45) is 3.75. The highest BCUT2D eigenvalue weighted by Gasteiger charge is 2.20. The summed E-state index contributed by atoms with van der Waals surface area (Å²) in [6, 6.07) is 87.4. The summed E-state index contributed by atoms with van der Waals surface area (Å²) in [7, 11) is 10.5. The number of hydrogen-bond acceptors (Lipinski definition) is 28. The van der Waals surface area contributed by atoms with Gasteiger partial charge in [-0.2, -0.15) is 0 Å². The molecular weight excluding hydrogens is 1820 g/mol. The topological polar surface area (TPSA) is 321 Å².